The predicted octanol–water partition coefficient (Wildman–Crippen LogP) is 2.04. The zero-order chi connectivity index (χ0) is 18.1. The molecule has 0 saturated heterocycles. The number of carbonyl (C=O) groups is 2. The highest BCUT2D eigenvalue weighted by atomic mass is 35.5. The Labute approximate surface area is 148 Å². The number of nitrogens with one attached hydrogen (secondary N) is 1. The van der Waals surface area contributed by atoms with E-state index in [1.807, 2.05) is 6.92 Å². The van der Waals surface area contributed by atoms with Gasteiger partial charge < -0.3 is 10.2 Å². The standard InChI is InChI=1S/C16H15ClN6O2/c1-9-6-7-18-16-20-13(21-23(9)16)14(24)19-12-8-10(4-5-11(12)17)15(25)22(2)3/h4-8H,1-3H3,(H,19,24). The van der Waals surface area contributed by atoms with Gasteiger partial charge in [-0.05, 0) is 31.2 Å². The van der Waals surface area contributed by atoms with Crippen LogP contribution >= 0.6 is 11.6 Å². The van der Waals surface area contributed by atoms with E-state index in [1.54, 1.807) is 38.5 Å². The average molecular weight is 359 g/mol. The van der Waals surface area contributed by atoms with Crippen LogP contribution in [-0.4, -0.2) is 50.4 Å². The van der Waals surface area contributed by atoms with Crippen molar-refractivity contribution in [2.24, 2.45) is 0 Å². The van der Waals surface area contributed by atoms with E-state index in [9.17, 15) is 9.59 Å². The molecule has 3 rings (SSSR count). The molecule has 128 valence electrons. The highest BCUT2D eigenvalue weighted by Crippen LogP contribution is 2.24. The molecule has 25 heavy (non-hydrogen) atoms. The second kappa shape index (κ2) is 6.48. The first-order valence-electron chi connectivity index (χ1n) is 7.38. The zero-order valence-electron chi connectivity index (χ0n) is 13.8. The van der Waals surface area contributed by atoms with Crippen molar-refractivity contribution in [3.63, 3.8) is 0 Å². The van der Waals surface area contributed by atoms with Gasteiger partial charge in [0, 0.05) is 31.5 Å². The number of nitrogens with zero attached hydrogens (tertiary/aromatic N) is 5. The number of halogens is 1. The molecule has 0 atom stereocenters. The van der Waals surface area contributed by atoms with Crippen LogP contribution in [0.3, 0.4) is 0 Å². The minimum absolute atomic E-state index is 0.0396. The van der Waals surface area contributed by atoms with Crippen LogP contribution in [0.15, 0.2) is 30.5 Å². The molecule has 1 N–H and O–H groups in total. The van der Waals surface area contributed by atoms with Crippen LogP contribution in [0, 0.1) is 6.92 Å². The molecule has 2 amide bonds. The van der Waals surface area contributed by atoms with Crippen molar-refractivity contribution in [3.05, 3.63) is 52.6 Å². The van der Waals surface area contributed by atoms with Gasteiger partial charge in [-0.3, -0.25) is 9.59 Å². The van der Waals surface area contributed by atoms with Gasteiger partial charge in [-0.25, -0.2) is 9.50 Å². The maximum absolute atomic E-state index is 12.4. The van der Waals surface area contributed by atoms with E-state index in [4.69, 9.17) is 11.6 Å². The minimum atomic E-state index is -0.541. The number of amides is 2. The molecule has 1 aromatic carbocycles. The lowest BCUT2D eigenvalue weighted by Crippen LogP contribution is -2.22. The van der Waals surface area contributed by atoms with E-state index >= 15 is 0 Å². The minimum Gasteiger partial charge on any atom is -0.345 e. The molecule has 0 aliphatic rings. The van der Waals surface area contributed by atoms with Gasteiger partial charge in [0.1, 0.15) is 0 Å². The highest BCUT2D eigenvalue weighted by Gasteiger charge is 2.17. The lowest BCUT2D eigenvalue weighted by atomic mass is 10.2. The van der Waals surface area contributed by atoms with E-state index in [-0.39, 0.29) is 11.7 Å². The smallest absolute Gasteiger partial charge is 0.295 e. The lowest BCUT2D eigenvalue weighted by Gasteiger charge is -2.12. The topological polar surface area (TPSA) is 92.5 Å². The second-order valence-corrected chi connectivity index (χ2v) is 5.99. The molecule has 0 bridgehead atoms. The fourth-order valence-electron chi connectivity index (χ4n) is 2.19. The highest BCUT2D eigenvalue weighted by molar-refractivity contribution is 6.34. The van der Waals surface area contributed by atoms with E-state index in [2.05, 4.69) is 20.4 Å². The zero-order valence-corrected chi connectivity index (χ0v) is 14.6. The van der Waals surface area contributed by atoms with Crippen molar-refractivity contribution in [2.75, 3.05) is 19.4 Å². The van der Waals surface area contributed by atoms with Crippen LogP contribution in [0.5, 0.6) is 0 Å². The van der Waals surface area contributed by atoms with E-state index in [1.165, 1.54) is 15.5 Å². The van der Waals surface area contributed by atoms with Gasteiger partial charge >= 0.3 is 0 Å². The molecule has 0 aliphatic heterocycles. The van der Waals surface area contributed by atoms with E-state index in [0.29, 0.717) is 22.1 Å². The molecular formula is C16H15ClN6O2. The number of hydrogen-bond donors (Lipinski definition) is 1. The summed E-state index contributed by atoms with van der Waals surface area (Å²) in [4.78, 5) is 34.1. The molecule has 0 fully saturated rings. The van der Waals surface area contributed by atoms with Crippen molar-refractivity contribution in [2.45, 2.75) is 6.92 Å². The summed E-state index contributed by atoms with van der Waals surface area (Å²) >= 11 is 6.12. The normalized spacial score (nSPS) is 10.7. The molecule has 0 aliphatic carbocycles. The van der Waals surface area contributed by atoms with Crippen LogP contribution < -0.4 is 5.32 Å². The SMILES string of the molecule is Cc1ccnc2nc(C(=O)Nc3cc(C(=O)N(C)C)ccc3Cl)nn12. The Hall–Kier alpha value is -3.00. The molecule has 0 radical (unpaired) electrons. The summed E-state index contributed by atoms with van der Waals surface area (Å²) in [5.41, 5.74) is 1.52. The van der Waals surface area contributed by atoms with Crippen molar-refractivity contribution < 1.29 is 9.59 Å². The van der Waals surface area contributed by atoms with E-state index in [0.717, 1.165) is 5.69 Å². The maximum atomic E-state index is 12.4. The third kappa shape index (κ3) is 3.29. The van der Waals surface area contributed by atoms with Crippen LogP contribution in [0.25, 0.3) is 5.78 Å². The van der Waals surface area contributed by atoms with Crippen LogP contribution in [0.2, 0.25) is 5.02 Å². The van der Waals surface area contributed by atoms with Gasteiger partial charge in [0.05, 0.1) is 10.7 Å². The van der Waals surface area contributed by atoms with Gasteiger partial charge in [-0.15, -0.1) is 5.10 Å². The van der Waals surface area contributed by atoms with Gasteiger partial charge in [-0.1, -0.05) is 11.6 Å². The summed E-state index contributed by atoms with van der Waals surface area (Å²) < 4.78 is 1.47. The predicted molar refractivity (Wildman–Crippen MR) is 92.9 cm³/mol. The Bertz CT molecular complexity index is 982. The quantitative estimate of drug-likeness (QED) is 0.773. The first-order valence-corrected chi connectivity index (χ1v) is 7.75. The summed E-state index contributed by atoms with van der Waals surface area (Å²) in [5, 5.41) is 7.08. The molecular weight excluding hydrogens is 344 g/mol. The summed E-state index contributed by atoms with van der Waals surface area (Å²) in [7, 11) is 3.29. The monoisotopic (exact) mass is 358 g/mol. The molecule has 2 heterocycles. The molecule has 0 unspecified atom stereocenters. The number of aromatic nitrogens is 4. The first-order chi connectivity index (χ1) is 11.9. The number of hydrogen-bond acceptors (Lipinski definition) is 5. The number of carbonyl (C=O) groups excluding carboxylic acids is 2. The molecule has 0 spiro atoms. The third-order valence-corrected chi connectivity index (χ3v) is 3.83. The Morgan fingerprint density at radius 3 is 2.68 bits per heavy atom. The summed E-state index contributed by atoms with van der Waals surface area (Å²) in [5.74, 6) is -0.450. The number of benzene rings is 1. The van der Waals surface area contributed by atoms with Crippen LogP contribution in [0.4, 0.5) is 5.69 Å². The van der Waals surface area contributed by atoms with Gasteiger partial charge in [0.2, 0.25) is 5.82 Å². The first kappa shape index (κ1) is 16.8. The molecule has 2 aromatic heterocycles. The number of fused-ring (bicyclic) bond motifs is 1. The third-order valence-electron chi connectivity index (χ3n) is 3.50. The lowest BCUT2D eigenvalue weighted by molar-refractivity contribution is 0.0827. The van der Waals surface area contributed by atoms with Crippen molar-refractivity contribution in [1.29, 1.82) is 0 Å². The number of anilines is 1. The van der Waals surface area contributed by atoms with Gasteiger partial charge in [0.25, 0.3) is 17.6 Å². The Balaban J connectivity index is 1.90. The fourth-order valence-corrected chi connectivity index (χ4v) is 2.36. The van der Waals surface area contributed by atoms with Crippen molar-refractivity contribution in [1.82, 2.24) is 24.5 Å². The van der Waals surface area contributed by atoms with Crippen molar-refractivity contribution in [3.8, 4) is 0 Å². The summed E-state index contributed by atoms with van der Waals surface area (Å²) in [6.45, 7) is 1.83. The molecule has 3 aromatic rings. The second-order valence-electron chi connectivity index (χ2n) is 5.58. The largest absolute Gasteiger partial charge is 0.345 e. The average Bonchev–Trinajstić information content (AvgIpc) is 3.02. The van der Waals surface area contributed by atoms with Crippen LogP contribution in [0.1, 0.15) is 26.7 Å². The molecule has 8 nitrogen and oxygen atoms in total. The number of rotatable bonds is 3. The van der Waals surface area contributed by atoms with Crippen LogP contribution in [-0.2, 0) is 0 Å². The van der Waals surface area contributed by atoms with Gasteiger partial charge in [-0.2, -0.15) is 4.98 Å². The maximum Gasteiger partial charge on any atom is 0.295 e. The Morgan fingerprint density at radius 2 is 2.00 bits per heavy atom. The summed E-state index contributed by atoms with van der Waals surface area (Å²) in [6, 6.07) is 6.42. The van der Waals surface area contributed by atoms with Crippen molar-refractivity contribution >= 4 is 34.9 Å². The number of aryl methyl sites for hydroxylation is 1. The molecule has 9 heteroatoms. The Kier molecular flexibility index (Phi) is 4.37. The van der Waals surface area contributed by atoms with Gasteiger partial charge in [0.15, 0.2) is 0 Å². The Morgan fingerprint density at radius 1 is 1.24 bits per heavy atom. The summed E-state index contributed by atoms with van der Waals surface area (Å²) in [6.07, 6.45) is 1.59. The fraction of sp³-hybridized carbons (Fsp3) is 0.188. The molecule has 0 saturated carbocycles. The van der Waals surface area contributed by atoms with E-state index < -0.39 is 5.91 Å².